The normalized spacial score (nSPS) is 26.0. The molecule has 5 nitrogen and oxygen atoms in total. The van der Waals surface area contributed by atoms with Crippen molar-refractivity contribution in [2.75, 3.05) is 32.2 Å². The zero-order valence-electron chi connectivity index (χ0n) is 12.2. The van der Waals surface area contributed by atoms with Crippen LogP contribution >= 0.6 is 11.3 Å². The van der Waals surface area contributed by atoms with E-state index in [1.54, 1.807) is 18.4 Å². The van der Waals surface area contributed by atoms with E-state index in [1.807, 2.05) is 7.05 Å². The Kier molecular flexibility index (Phi) is 4.55. The third kappa shape index (κ3) is 2.70. The number of rotatable bonds is 5. The van der Waals surface area contributed by atoms with Gasteiger partial charge in [0.2, 0.25) is 0 Å². The Balaban J connectivity index is 1.83. The molecule has 1 aromatic heterocycles. The van der Waals surface area contributed by atoms with Gasteiger partial charge < -0.3 is 19.7 Å². The Bertz CT molecular complexity index is 428. The molecule has 0 aromatic carbocycles. The number of nitrogens with zero attached hydrogens (tertiary/aromatic N) is 2. The summed E-state index contributed by atoms with van der Waals surface area (Å²) in [5.41, 5.74) is 1.07. The van der Waals surface area contributed by atoms with E-state index < -0.39 is 0 Å². The van der Waals surface area contributed by atoms with Gasteiger partial charge in [0.15, 0.2) is 5.13 Å². The fraction of sp³-hybridized carbons (Fsp3) is 0.786. The molecule has 1 aromatic rings. The zero-order valence-corrected chi connectivity index (χ0v) is 13.0. The van der Waals surface area contributed by atoms with E-state index in [2.05, 4.69) is 10.2 Å². The molecule has 1 saturated carbocycles. The fourth-order valence-corrected chi connectivity index (χ4v) is 4.36. The minimum atomic E-state index is 0.409. The maximum absolute atomic E-state index is 5.88. The highest BCUT2D eigenvalue weighted by Crippen LogP contribution is 2.36. The van der Waals surface area contributed by atoms with Crippen LogP contribution < -0.4 is 10.2 Å². The number of hydrogen-bond acceptors (Lipinski definition) is 6. The van der Waals surface area contributed by atoms with Crippen LogP contribution in [0.1, 0.15) is 29.8 Å². The standard InChI is InChI=1S/C14H23N3O2S/c1-15-8-13-10(9-18-2)16-14(20-13)17-6-7-19-12-5-3-4-11(12)17/h11-12,15H,3-9H2,1-2H3. The van der Waals surface area contributed by atoms with Crippen LogP contribution in [0.2, 0.25) is 0 Å². The van der Waals surface area contributed by atoms with E-state index in [1.165, 1.54) is 24.1 Å². The second kappa shape index (κ2) is 6.39. The number of methoxy groups -OCH3 is 1. The first-order valence-corrected chi connectivity index (χ1v) is 8.15. The molecule has 3 rings (SSSR count). The summed E-state index contributed by atoms with van der Waals surface area (Å²) in [5.74, 6) is 0. The molecule has 112 valence electrons. The number of hydrogen-bond donors (Lipinski definition) is 1. The lowest BCUT2D eigenvalue weighted by Crippen LogP contribution is -2.48. The summed E-state index contributed by atoms with van der Waals surface area (Å²) in [6, 6.07) is 0.521. The van der Waals surface area contributed by atoms with Crippen molar-refractivity contribution in [3.8, 4) is 0 Å². The van der Waals surface area contributed by atoms with Crippen molar-refractivity contribution in [2.24, 2.45) is 0 Å². The van der Waals surface area contributed by atoms with E-state index in [0.717, 1.165) is 30.5 Å². The molecule has 2 unspecified atom stereocenters. The molecule has 1 aliphatic heterocycles. The first kappa shape index (κ1) is 14.3. The lowest BCUT2D eigenvalue weighted by atomic mass is 10.1. The van der Waals surface area contributed by atoms with Crippen molar-refractivity contribution < 1.29 is 9.47 Å². The molecule has 2 atom stereocenters. The predicted molar refractivity (Wildman–Crippen MR) is 80.3 cm³/mol. The highest BCUT2D eigenvalue weighted by atomic mass is 32.1. The van der Waals surface area contributed by atoms with Gasteiger partial charge in [0.1, 0.15) is 0 Å². The maximum atomic E-state index is 5.88. The van der Waals surface area contributed by atoms with E-state index >= 15 is 0 Å². The summed E-state index contributed by atoms with van der Waals surface area (Å²) < 4.78 is 11.2. The lowest BCUT2D eigenvalue weighted by molar-refractivity contribution is 0.0256. The van der Waals surface area contributed by atoms with Gasteiger partial charge in [-0.2, -0.15) is 0 Å². The van der Waals surface area contributed by atoms with E-state index in [9.17, 15) is 0 Å². The molecule has 1 saturated heterocycles. The van der Waals surface area contributed by atoms with Crippen molar-refractivity contribution in [2.45, 2.75) is 44.6 Å². The van der Waals surface area contributed by atoms with Crippen molar-refractivity contribution >= 4 is 16.5 Å². The number of nitrogens with one attached hydrogen (secondary N) is 1. The Morgan fingerprint density at radius 2 is 2.40 bits per heavy atom. The molecule has 0 radical (unpaired) electrons. The average Bonchev–Trinajstić information content (AvgIpc) is 3.06. The topological polar surface area (TPSA) is 46.6 Å². The summed E-state index contributed by atoms with van der Waals surface area (Å²) in [4.78, 5) is 8.57. The molecule has 1 N–H and O–H groups in total. The average molecular weight is 297 g/mol. The van der Waals surface area contributed by atoms with Gasteiger partial charge in [0, 0.05) is 25.1 Å². The maximum Gasteiger partial charge on any atom is 0.186 e. The van der Waals surface area contributed by atoms with Gasteiger partial charge >= 0.3 is 0 Å². The quantitative estimate of drug-likeness (QED) is 0.897. The molecule has 0 bridgehead atoms. The molecule has 2 heterocycles. The Morgan fingerprint density at radius 1 is 1.50 bits per heavy atom. The summed E-state index contributed by atoms with van der Waals surface area (Å²) in [6.07, 6.45) is 4.10. The minimum absolute atomic E-state index is 0.409. The molecule has 0 spiro atoms. The molecule has 0 amide bonds. The van der Waals surface area contributed by atoms with Crippen LogP contribution in [0.3, 0.4) is 0 Å². The number of thiazole rings is 1. The first-order chi connectivity index (χ1) is 9.83. The van der Waals surface area contributed by atoms with Crippen LogP contribution in [-0.2, 0) is 22.6 Å². The van der Waals surface area contributed by atoms with Gasteiger partial charge in [0.05, 0.1) is 31.1 Å². The third-order valence-corrected chi connectivity index (χ3v) is 5.25. The van der Waals surface area contributed by atoms with Crippen LogP contribution in [0.15, 0.2) is 0 Å². The SMILES string of the molecule is CNCc1sc(N2CCOC3CCCC32)nc1COC. The third-order valence-electron chi connectivity index (χ3n) is 4.11. The largest absolute Gasteiger partial charge is 0.378 e. The van der Waals surface area contributed by atoms with Crippen molar-refractivity contribution in [1.82, 2.24) is 10.3 Å². The van der Waals surface area contributed by atoms with Crippen LogP contribution in [0.5, 0.6) is 0 Å². The van der Waals surface area contributed by atoms with Crippen molar-refractivity contribution in [3.63, 3.8) is 0 Å². The first-order valence-electron chi connectivity index (χ1n) is 7.34. The zero-order chi connectivity index (χ0) is 13.9. The summed E-state index contributed by atoms with van der Waals surface area (Å²) in [6.45, 7) is 3.22. The number of anilines is 1. The van der Waals surface area contributed by atoms with Gasteiger partial charge in [-0.15, -0.1) is 11.3 Å². The molecular formula is C14H23N3O2S. The molecule has 6 heteroatoms. The van der Waals surface area contributed by atoms with Gasteiger partial charge in [-0.1, -0.05) is 0 Å². The number of ether oxygens (including phenoxy) is 2. The molecule has 20 heavy (non-hydrogen) atoms. The van der Waals surface area contributed by atoms with Gasteiger partial charge in [-0.05, 0) is 26.3 Å². The smallest absolute Gasteiger partial charge is 0.186 e. The molecule has 2 aliphatic rings. The molecule has 2 fully saturated rings. The van der Waals surface area contributed by atoms with Crippen molar-refractivity contribution in [3.05, 3.63) is 10.6 Å². The van der Waals surface area contributed by atoms with Crippen LogP contribution in [0.25, 0.3) is 0 Å². The van der Waals surface area contributed by atoms with Crippen molar-refractivity contribution in [1.29, 1.82) is 0 Å². The second-order valence-corrected chi connectivity index (χ2v) is 6.49. The molecule has 1 aliphatic carbocycles. The number of fused-ring (bicyclic) bond motifs is 1. The van der Waals surface area contributed by atoms with E-state index in [4.69, 9.17) is 14.5 Å². The second-order valence-electron chi connectivity index (χ2n) is 5.43. The van der Waals surface area contributed by atoms with Gasteiger partial charge in [-0.25, -0.2) is 4.98 Å². The van der Waals surface area contributed by atoms with Crippen LogP contribution in [0, 0.1) is 0 Å². The lowest BCUT2D eigenvalue weighted by Gasteiger charge is -2.37. The van der Waals surface area contributed by atoms with Gasteiger partial charge in [-0.3, -0.25) is 0 Å². The van der Waals surface area contributed by atoms with Crippen LogP contribution in [0.4, 0.5) is 5.13 Å². The minimum Gasteiger partial charge on any atom is -0.378 e. The van der Waals surface area contributed by atoms with Crippen LogP contribution in [-0.4, -0.2) is 44.4 Å². The highest BCUT2D eigenvalue weighted by Gasteiger charge is 2.37. The Hall–Kier alpha value is -0.690. The highest BCUT2D eigenvalue weighted by molar-refractivity contribution is 7.15. The predicted octanol–water partition coefficient (Wildman–Crippen LogP) is 1.77. The summed E-state index contributed by atoms with van der Waals surface area (Å²) in [5, 5.41) is 4.36. The fourth-order valence-electron chi connectivity index (χ4n) is 3.20. The molecular weight excluding hydrogens is 274 g/mol. The van der Waals surface area contributed by atoms with Gasteiger partial charge in [0.25, 0.3) is 0 Å². The monoisotopic (exact) mass is 297 g/mol. The van der Waals surface area contributed by atoms with E-state index in [-0.39, 0.29) is 0 Å². The number of morpholine rings is 1. The Morgan fingerprint density at radius 3 is 3.20 bits per heavy atom. The number of aromatic nitrogens is 1. The summed E-state index contributed by atoms with van der Waals surface area (Å²) in [7, 11) is 3.70. The summed E-state index contributed by atoms with van der Waals surface area (Å²) >= 11 is 1.80. The van der Waals surface area contributed by atoms with E-state index in [0.29, 0.717) is 18.8 Å². The Labute approximate surface area is 124 Å².